The number of para-hydroxylation sites is 2. The van der Waals surface area contributed by atoms with E-state index in [1.54, 1.807) is 29.2 Å². The van der Waals surface area contributed by atoms with E-state index in [1.807, 2.05) is 91.0 Å². The highest BCUT2D eigenvalue weighted by atomic mass is 16.2. The molecule has 1 fully saturated rings. The summed E-state index contributed by atoms with van der Waals surface area (Å²) in [5.41, 5.74) is 2.90. The van der Waals surface area contributed by atoms with Gasteiger partial charge in [-0.2, -0.15) is 0 Å². The van der Waals surface area contributed by atoms with E-state index in [0.29, 0.717) is 18.7 Å². The predicted molar refractivity (Wildman–Crippen MR) is 143 cm³/mol. The second-order valence-corrected chi connectivity index (χ2v) is 9.69. The van der Waals surface area contributed by atoms with Crippen LogP contribution in [0.4, 0.5) is 11.4 Å². The Hall–Kier alpha value is -4.51. The maximum atomic E-state index is 14.6. The molecule has 0 radical (unpaired) electrons. The van der Waals surface area contributed by atoms with E-state index >= 15 is 0 Å². The Kier molecular flexibility index (Phi) is 5.68. The van der Waals surface area contributed by atoms with Gasteiger partial charge >= 0.3 is 0 Å². The van der Waals surface area contributed by atoms with Gasteiger partial charge in [0.05, 0.1) is 23.6 Å². The first-order valence-corrected chi connectivity index (χ1v) is 12.5. The fourth-order valence-electron chi connectivity index (χ4n) is 5.89. The van der Waals surface area contributed by atoms with Crippen molar-refractivity contribution >= 4 is 29.1 Å². The van der Waals surface area contributed by atoms with Crippen molar-refractivity contribution in [2.45, 2.75) is 24.8 Å². The van der Waals surface area contributed by atoms with Gasteiger partial charge in [0.15, 0.2) is 0 Å². The van der Waals surface area contributed by atoms with E-state index < -0.39 is 11.3 Å². The Morgan fingerprint density at radius 1 is 0.676 bits per heavy atom. The second kappa shape index (κ2) is 9.17. The third kappa shape index (κ3) is 3.75. The average Bonchev–Trinajstić information content (AvgIpc) is 3.36. The lowest BCUT2D eigenvalue weighted by Crippen LogP contribution is -2.50. The summed E-state index contributed by atoms with van der Waals surface area (Å²) in [6.07, 6.45) is 0.321. The molecular weight excluding hydrogens is 460 g/mol. The Morgan fingerprint density at radius 3 is 1.92 bits per heavy atom. The number of rotatable bonds is 6. The van der Waals surface area contributed by atoms with Crippen LogP contribution in [0.15, 0.2) is 115 Å². The normalized spacial score (nSPS) is 21.0. The first-order chi connectivity index (χ1) is 18.1. The van der Waals surface area contributed by atoms with Gasteiger partial charge < -0.3 is 4.90 Å². The molecular formula is C32H26N2O3. The van der Waals surface area contributed by atoms with E-state index in [9.17, 15) is 14.4 Å². The Morgan fingerprint density at radius 2 is 1.24 bits per heavy atom. The molecule has 1 saturated heterocycles. The van der Waals surface area contributed by atoms with Crippen LogP contribution in [0.25, 0.3) is 0 Å². The van der Waals surface area contributed by atoms with E-state index in [2.05, 4.69) is 0 Å². The zero-order valence-corrected chi connectivity index (χ0v) is 20.3. The van der Waals surface area contributed by atoms with Gasteiger partial charge in [-0.15, -0.1) is 0 Å². The number of nitrogens with zero attached hydrogens (tertiary/aromatic N) is 2. The largest absolute Gasteiger partial charge is 0.307 e. The van der Waals surface area contributed by atoms with Crippen molar-refractivity contribution in [2.75, 3.05) is 9.80 Å². The quantitative estimate of drug-likeness (QED) is 0.348. The van der Waals surface area contributed by atoms with Crippen LogP contribution >= 0.6 is 0 Å². The summed E-state index contributed by atoms with van der Waals surface area (Å²) >= 11 is 0. The number of fused-ring (bicyclic) bond motifs is 1. The molecule has 5 heteroatoms. The molecule has 2 aliphatic heterocycles. The van der Waals surface area contributed by atoms with E-state index in [1.165, 1.54) is 4.90 Å². The molecule has 0 spiro atoms. The molecule has 2 aliphatic rings. The summed E-state index contributed by atoms with van der Waals surface area (Å²) in [4.78, 5) is 45.0. The highest BCUT2D eigenvalue weighted by Crippen LogP contribution is 2.52. The maximum Gasteiger partial charge on any atom is 0.239 e. The molecule has 3 amide bonds. The number of hydrogen-bond donors (Lipinski definition) is 0. The molecule has 0 bridgehead atoms. The zero-order chi connectivity index (χ0) is 25.4. The molecule has 2 heterocycles. The van der Waals surface area contributed by atoms with Crippen molar-refractivity contribution in [1.82, 2.24) is 0 Å². The lowest BCUT2D eigenvalue weighted by atomic mass is 9.66. The minimum absolute atomic E-state index is 0.0141. The topological polar surface area (TPSA) is 57.7 Å². The zero-order valence-electron chi connectivity index (χ0n) is 20.3. The van der Waals surface area contributed by atoms with Gasteiger partial charge in [-0.25, -0.2) is 0 Å². The summed E-state index contributed by atoms with van der Waals surface area (Å²) in [7, 11) is 0. The van der Waals surface area contributed by atoms with Crippen LogP contribution in [0.5, 0.6) is 0 Å². The van der Waals surface area contributed by atoms with Gasteiger partial charge in [-0.3, -0.25) is 19.3 Å². The fourth-order valence-corrected chi connectivity index (χ4v) is 5.89. The lowest BCUT2D eigenvalue weighted by Gasteiger charge is -2.33. The van der Waals surface area contributed by atoms with Gasteiger partial charge in [-0.1, -0.05) is 97.1 Å². The molecule has 0 aromatic heterocycles. The van der Waals surface area contributed by atoms with E-state index in [-0.39, 0.29) is 24.1 Å². The van der Waals surface area contributed by atoms with Crippen LogP contribution in [0.3, 0.4) is 0 Å². The number of hydrogen-bond acceptors (Lipinski definition) is 3. The van der Waals surface area contributed by atoms with Crippen LogP contribution in [-0.2, 0) is 32.8 Å². The average molecular weight is 487 g/mol. The van der Waals surface area contributed by atoms with Crippen molar-refractivity contribution in [1.29, 1.82) is 0 Å². The van der Waals surface area contributed by atoms with Crippen molar-refractivity contribution in [2.24, 2.45) is 5.92 Å². The Bertz CT molecular complexity index is 1470. The molecule has 4 aromatic rings. The molecule has 0 saturated carbocycles. The number of carbonyl (C=O) groups is 3. The van der Waals surface area contributed by atoms with Gasteiger partial charge in [0.1, 0.15) is 0 Å². The third-order valence-electron chi connectivity index (χ3n) is 7.57. The van der Waals surface area contributed by atoms with Crippen molar-refractivity contribution in [3.8, 4) is 0 Å². The van der Waals surface area contributed by atoms with Gasteiger partial charge in [0.2, 0.25) is 17.7 Å². The molecule has 0 unspecified atom stereocenters. The summed E-state index contributed by atoms with van der Waals surface area (Å²) in [6, 6.07) is 36.3. The standard InChI is InChI=1S/C32H26N2O3/c35-29-20-27(30(36)34(29)25-16-8-3-9-17-25)32(21-23-12-4-1-5-13-23)26-18-10-11-19-28(26)33(31(32)37)22-24-14-6-2-7-15-24/h1-19,27H,20-22H2/t27-,32+/m0/s1. The molecule has 5 nitrogen and oxygen atoms in total. The lowest BCUT2D eigenvalue weighted by molar-refractivity contribution is -0.131. The maximum absolute atomic E-state index is 14.6. The van der Waals surface area contributed by atoms with Gasteiger partial charge in [-0.05, 0) is 41.3 Å². The number of imide groups is 1. The molecule has 182 valence electrons. The van der Waals surface area contributed by atoms with Crippen molar-refractivity contribution in [3.05, 3.63) is 132 Å². The fraction of sp³-hybridized carbons (Fsp3) is 0.156. The monoisotopic (exact) mass is 486 g/mol. The highest BCUT2D eigenvalue weighted by Gasteiger charge is 2.61. The summed E-state index contributed by atoms with van der Waals surface area (Å²) in [5.74, 6) is -1.55. The second-order valence-electron chi connectivity index (χ2n) is 9.69. The molecule has 0 N–H and O–H groups in total. The van der Waals surface area contributed by atoms with E-state index in [4.69, 9.17) is 0 Å². The summed E-state index contributed by atoms with van der Waals surface area (Å²) < 4.78 is 0. The van der Waals surface area contributed by atoms with Crippen LogP contribution in [-0.4, -0.2) is 17.7 Å². The third-order valence-corrected chi connectivity index (χ3v) is 7.57. The molecule has 0 aliphatic carbocycles. The number of carbonyl (C=O) groups excluding carboxylic acids is 3. The Balaban J connectivity index is 1.50. The predicted octanol–water partition coefficient (Wildman–Crippen LogP) is 5.29. The molecule has 2 atom stereocenters. The number of benzene rings is 4. The highest BCUT2D eigenvalue weighted by molar-refractivity contribution is 6.24. The smallest absolute Gasteiger partial charge is 0.239 e. The minimum Gasteiger partial charge on any atom is -0.307 e. The van der Waals surface area contributed by atoms with Gasteiger partial charge in [0, 0.05) is 12.1 Å². The molecule has 37 heavy (non-hydrogen) atoms. The van der Waals surface area contributed by atoms with E-state index in [0.717, 1.165) is 22.4 Å². The summed E-state index contributed by atoms with van der Waals surface area (Å²) in [5, 5.41) is 0. The SMILES string of the molecule is O=C1C[C@H]([C@]2(Cc3ccccc3)C(=O)N(Cc3ccccc3)c3ccccc32)C(=O)N1c1ccccc1. The van der Waals surface area contributed by atoms with Crippen molar-refractivity contribution < 1.29 is 14.4 Å². The van der Waals surface area contributed by atoms with Crippen LogP contribution < -0.4 is 9.80 Å². The molecule has 4 aromatic carbocycles. The van der Waals surface area contributed by atoms with Gasteiger partial charge in [0.25, 0.3) is 0 Å². The van der Waals surface area contributed by atoms with Crippen LogP contribution in [0.1, 0.15) is 23.1 Å². The van der Waals surface area contributed by atoms with Crippen molar-refractivity contribution in [3.63, 3.8) is 0 Å². The minimum atomic E-state index is -1.19. The van der Waals surface area contributed by atoms with Crippen LogP contribution in [0, 0.1) is 5.92 Å². The Labute approximate surface area is 216 Å². The number of anilines is 2. The summed E-state index contributed by atoms with van der Waals surface area (Å²) in [6.45, 7) is 0.393. The first kappa shape index (κ1) is 22.9. The number of amides is 3. The van der Waals surface area contributed by atoms with Crippen LogP contribution in [0.2, 0.25) is 0 Å². The molecule has 6 rings (SSSR count). The first-order valence-electron chi connectivity index (χ1n) is 12.5.